The monoisotopic (exact) mass is 262 g/mol. The van der Waals surface area contributed by atoms with E-state index in [-0.39, 0.29) is 5.91 Å². The number of nitrogens with zero attached hydrogens (tertiary/aromatic N) is 1. The average molecular weight is 262 g/mol. The second kappa shape index (κ2) is 6.57. The summed E-state index contributed by atoms with van der Waals surface area (Å²) in [5, 5.41) is 0. The standard InChI is InChI=1S/C15H22N2O2/c1-2-19-14-5-3-12(4-6-14)9-15(18)17-8-7-13(10-16)11-17/h3-6,13H,2,7-11,16H2,1H3. The maximum atomic E-state index is 12.1. The van der Waals surface area contributed by atoms with Crippen LogP contribution in [0.15, 0.2) is 24.3 Å². The lowest BCUT2D eigenvalue weighted by atomic mass is 10.1. The normalized spacial score (nSPS) is 18.6. The van der Waals surface area contributed by atoms with Crippen LogP contribution in [-0.2, 0) is 11.2 Å². The molecule has 1 amide bonds. The molecule has 0 bridgehead atoms. The molecule has 2 N–H and O–H groups in total. The fourth-order valence-corrected chi connectivity index (χ4v) is 2.41. The van der Waals surface area contributed by atoms with E-state index in [1.807, 2.05) is 36.1 Å². The molecular formula is C15H22N2O2. The van der Waals surface area contributed by atoms with Gasteiger partial charge in [0.15, 0.2) is 0 Å². The maximum absolute atomic E-state index is 12.1. The molecule has 1 heterocycles. The molecule has 0 radical (unpaired) electrons. The Labute approximate surface area is 114 Å². The lowest BCUT2D eigenvalue weighted by Gasteiger charge is -2.16. The number of carbonyl (C=O) groups is 1. The van der Waals surface area contributed by atoms with E-state index in [2.05, 4.69) is 0 Å². The van der Waals surface area contributed by atoms with Gasteiger partial charge >= 0.3 is 0 Å². The highest BCUT2D eigenvalue weighted by molar-refractivity contribution is 5.79. The molecule has 1 aliphatic rings. The summed E-state index contributed by atoms with van der Waals surface area (Å²) in [5.41, 5.74) is 6.67. The first kappa shape index (κ1) is 13.9. The molecule has 1 aromatic rings. The quantitative estimate of drug-likeness (QED) is 0.873. The van der Waals surface area contributed by atoms with Crippen molar-refractivity contribution in [2.75, 3.05) is 26.2 Å². The minimum atomic E-state index is 0.195. The summed E-state index contributed by atoms with van der Waals surface area (Å²) in [6.45, 7) is 4.95. The molecule has 1 unspecified atom stereocenters. The molecule has 1 aliphatic heterocycles. The molecule has 4 nitrogen and oxygen atoms in total. The van der Waals surface area contributed by atoms with E-state index >= 15 is 0 Å². The molecule has 104 valence electrons. The second-order valence-corrected chi connectivity index (χ2v) is 4.98. The molecule has 0 saturated carbocycles. The molecule has 4 heteroatoms. The van der Waals surface area contributed by atoms with Gasteiger partial charge in [0, 0.05) is 13.1 Å². The molecule has 1 fully saturated rings. The topological polar surface area (TPSA) is 55.6 Å². The van der Waals surface area contributed by atoms with E-state index in [1.54, 1.807) is 0 Å². The zero-order valence-electron chi connectivity index (χ0n) is 11.5. The predicted molar refractivity (Wildman–Crippen MR) is 75.1 cm³/mol. The van der Waals surface area contributed by atoms with Crippen LogP contribution in [0, 0.1) is 5.92 Å². The number of nitrogens with two attached hydrogens (primary N) is 1. The Balaban J connectivity index is 1.88. The van der Waals surface area contributed by atoms with Crippen molar-refractivity contribution in [2.45, 2.75) is 19.8 Å². The molecule has 1 saturated heterocycles. The van der Waals surface area contributed by atoms with Gasteiger partial charge in [0.25, 0.3) is 0 Å². The number of hydrogen-bond acceptors (Lipinski definition) is 3. The van der Waals surface area contributed by atoms with E-state index < -0.39 is 0 Å². The first-order valence-electron chi connectivity index (χ1n) is 6.92. The Bertz CT molecular complexity index is 417. The van der Waals surface area contributed by atoms with Crippen molar-refractivity contribution in [3.8, 4) is 5.75 Å². The lowest BCUT2D eigenvalue weighted by Crippen LogP contribution is -2.31. The van der Waals surface area contributed by atoms with Crippen LogP contribution in [0.25, 0.3) is 0 Å². The van der Waals surface area contributed by atoms with Gasteiger partial charge in [-0.25, -0.2) is 0 Å². The van der Waals surface area contributed by atoms with Crippen LogP contribution in [0.3, 0.4) is 0 Å². The van der Waals surface area contributed by atoms with Crippen LogP contribution in [0.1, 0.15) is 18.9 Å². The van der Waals surface area contributed by atoms with Gasteiger partial charge in [0.05, 0.1) is 13.0 Å². The number of benzene rings is 1. The summed E-state index contributed by atoms with van der Waals surface area (Å²) in [7, 11) is 0. The summed E-state index contributed by atoms with van der Waals surface area (Å²) in [6.07, 6.45) is 1.50. The van der Waals surface area contributed by atoms with Crippen molar-refractivity contribution < 1.29 is 9.53 Å². The third-order valence-corrected chi connectivity index (χ3v) is 3.56. The Morgan fingerprint density at radius 3 is 2.74 bits per heavy atom. The van der Waals surface area contributed by atoms with Crippen LogP contribution in [0.5, 0.6) is 5.75 Å². The van der Waals surface area contributed by atoms with Crippen molar-refractivity contribution in [1.29, 1.82) is 0 Å². The summed E-state index contributed by atoms with van der Waals surface area (Å²) < 4.78 is 5.38. The fourth-order valence-electron chi connectivity index (χ4n) is 2.41. The van der Waals surface area contributed by atoms with Gasteiger partial charge in [0.1, 0.15) is 5.75 Å². The minimum absolute atomic E-state index is 0.195. The van der Waals surface area contributed by atoms with Gasteiger partial charge in [-0.15, -0.1) is 0 Å². The molecule has 0 aliphatic carbocycles. The second-order valence-electron chi connectivity index (χ2n) is 4.98. The summed E-state index contributed by atoms with van der Waals surface area (Å²) in [5.74, 6) is 1.52. The van der Waals surface area contributed by atoms with Gasteiger partial charge in [-0.2, -0.15) is 0 Å². The highest BCUT2D eigenvalue weighted by Gasteiger charge is 2.24. The largest absolute Gasteiger partial charge is 0.494 e. The zero-order chi connectivity index (χ0) is 13.7. The van der Waals surface area contributed by atoms with Crippen molar-refractivity contribution in [3.63, 3.8) is 0 Å². The SMILES string of the molecule is CCOc1ccc(CC(=O)N2CCC(CN)C2)cc1. The average Bonchev–Trinajstić information content (AvgIpc) is 2.90. The van der Waals surface area contributed by atoms with Crippen LogP contribution in [0.4, 0.5) is 0 Å². The van der Waals surface area contributed by atoms with Crippen LogP contribution < -0.4 is 10.5 Å². The number of carbonyl (C=O) groups excluding carboxylic acids is 1. The number of hydrogen-bond donors (Lipinski definition) is 1. The Kier molecular flexibility index (Phi) is 4.80. The van der Waals surface area contributed by atoms with E-state index in [0.717, 1.165) is 30.8 Å². The Morgan fingerprint density at radius 1 is 1.42 bits per heavy atom. The van der Waals surface area contributed by atoms with Gasteiger partial charge in [-0.3, -0.25) is 4.79 Å². The van der Waals surface area contributed by atoms with Crippen molar-refractivity contribution in [2.24, 2.45) is 11.7 Å². The molecule has 2 rings (SSSR count). The van der Waals surface area contributed by atoms with Crippen molar-refractivity contribution in [1.82, 2.24) is 4.90 Å². The maximum Gasteiger partial charge on any atom is 0.226 e. The molecule has 0 aromatic heterocycles. The number of rotatable bonds is 5. The minimum Gasteiger partial charge on any atom is -0.494 e. The van der Waals surface area contributed by atoms with Gasteiger partial charge < -0.3 is 15.4 Å². The number of likely N-dealkylation sites (tertiary alicyclic amines) is 1. The van der Waals surface area contributed by atoms with Gasteiger partial charge in [0.2, 0.25) is 5.91 Å². The van der Waals surface area contributed by atoms with Crippen LogP contribution in [-0.4, -0.2) is 37.0 Å². The Hall–Kier alpha value is -1.55. The van der Waals surface area contributed by atoms with Gasteiger partial charge in [-0.05, 0) is 43.5 Å². The first-order valence-corrected chi connectivity index (χ1v) is 6.92. The lowest BCUT2D eigenvalue weighted by molar-refractivity contribution is -0.129. The van der Waals surface area contributed by atoms with Gasteiger partial charge in [-0.1, -0.05) is 12.1 Å². The van der Waals surface area contributed by atoms with Crippen LogP contribution in [0.2, 0.25) is 0 Å². The summed E-state index contributed by atoms with van der Waals surface area (Å²) in [6, 6.07) is 7.75. The molecule has 0 spiro atoms. The van der Waals surface area contributed by atoms with E-state index in [4.69, 9.17) is 10.5 Å². The highest BCUT2D eigenvalue weighted by atomic mass is 16.5. The zero-order valence-corrected chi connectivity index (χ0v) is 11.5. The fraction of sp³-hybridized carbons (Fsp3) is 0.533. The third-order valence-electron chi connectivity index (χ3n) is 3.56. The summed E-state index contributed by atoms with van der Waals surface area (Å²) >= 11 is 0. The first-order chi connectivity index (χ1) is 9.22. The number of amides is 1. The summed E-state index contributed by atoms with van der Waals surface area (Å²) in [4.78, 5) is 14.1. The molecule has 1 atom stereocenters. The van der Waals surface area contributed by atoms with E-state index in [9.17, 15) is 4.79 Å². The highest BCUT2D eigenvalue weighted by Crippen LogP contribution is 2.17. The Morgan fingerprint density at radius 2 is 2.16 bits per heavy atom. The molecular weight excluding hydrogens is 240 g/mol. The van der Waals surface area contributed by atoms with E-state index in [1.165, 1.54) is 0 Å². The molecule has 1 aromatic carbocycles. The smallest absolute Gasteiger partial charge is 0.226 e. The van der Waals surface area contributed by atoms with E-state index in [0.29, 0.717) is 25.5 Å². The number of ether oxygens (including phenoxy) is 1. The van der Waals surface area contributed by atoms with Crippen LogP contribution >= 0.6 is 0 Å². The van der Waals surface area contributed by atoms with Crippen molar-refractivity contribution >= 4 is 5.91 Å². The van der Waals surface area contributed by atoms with Crippen molar-refractivity contribution in [3.05, 3.63) is 29.8 Å². The third kappa shape index (κ3) is 3.70. The predicted octanol–water partition coefficient (Wildman–Crippen LogP) is 1.43. The molecule has 19 heavy (non-hydrogen) atoms.